The van der Waals surface area contributed by atoms with Crippen LogP contribution in [0.15, 0.2) is 41.8 Å². The first-order valence-electron chi connectivity index (χ1n) is 6.05. The molecule has 1 atom stereocenters. The Morgan fingerprint density at radius 2 is 2.05 bits per heavy atom. The fraction of sp³-hybridized carbons (Fsp3) is 0.286. The van der Waals surface area contributed by atoms with Gasteiger partial charge in [-0.05, 0) is 25.4 Å². The standard InChI is InChI=1S/C14H16N2O2S/c1-11(14-8-5-9-19-14)15(2)10-12-6-3-4-7-13(12)16(17)18/h3-9,11H,10H2,1-2H3. The number of hydrogen-bond donors (Lipinski definition) is 0. The average Bonchev–Trinajstić information content (AvgIpc) is 2.92. The van der Waals surface area contributed by atoms with E-state index in [1.165, 1.54) is 4.88 Å². The average molecular weight is 276 g/mol. The Hall–Kier alpha value is -1.72. The molecule has 0 saturated carbocycles. The molecule has 1 heterocycles. The molecule has 0 N–H and O–H groups in total. The van der Waals surface area contributed by atoms with Gasteiger partial charge >= 0.3 is 0 Å². The van der Waals surface area contributed by atoms with E-state index in [1.807, 2.05) is 30.6 Å². The van der Waals surface area contributed by atoms with E-state index >= 15 is 0 Å². The minimum Gasteiger partial charge on any atom is -0.294 e. The number of nitrogens with zero attached hydrogens (tertiary/aromatic N) is 2. The number of nitro benzene ring substituents is 1. The fourth-order valence-corrected chi connectivity index (χ4v) is 2.82. The van der Waals surface area contributed by atoms with Crippen LogP contribution in [-0.4, -0.2) is 16.9 Å². The molecule has 0 bridgehead atoms. The highest BCUT2D eigenvalue weighted by molar-refractivity contribution is 7.10. The second-order valence-electron chi connectivity index (χ2n) is 4.49. The first-order chi connectivity index (χ1) is 9.09. The Balaban J connectivity index is 2.15. The molecule has 0 spiro atoms. The normalized spacial score (nSPS) is 12.6. The highest BCUT2D eigenvalue weighted by Gasteiger charge is 2.18. The van der Waals surface area contributed by atoms with Crippen molar-refractivity contribution in [2.24, 2.45) is 0 Å². The van der Waals surface area contributed by atoms with Crippen LogP contribution >= 0.6 is 11.3 Å². The third kappa shape index (κ3) is 3.19. The second-order valence-corrected chi connectivity index (χ2v) is 5.47. The third-order valence-corrected chi connectivity index (χ3v) is 4.27. The van der Waals surface area contributed by atoms with Gasteiger partial charge in [0.25, 0.3) is 5.69 Å². The molecule has 0 radical (unpaired) electrons. The molecule has 100 valence electrons. The lowest BCUT2D eigenvalue weighted by molar-refractivity contribution is -0.385. The third-order valence-electron chi connectivity index (χ3n) is 3.22. The van der Waals surface area contributed by atoms with Crippen LogP contribution in [-0.2, 0) is 6.54 Å². The first kappa shape index (κ1) is 13.7. The summed E-state index contributed by atoms with van der Waals surface area (Å²) >= 11 is 1.70. The Bertz CT molecular complexity index is 554. The summed E-state index contributed by atoms with van der Waals surface area (Å²) in [6, 6.07) is 11.3. The lowest BCUT2D eigenvalue weighted by Crippen LogP contribution is -2.21. The molecule has 0 fully saturated rings. The zero-order valence-corrected chi connectivity index (χ0v) is 11.8. The quantitative estimate of drug-likeness (QED) is 0.615. The molecular formula is C14H16N2O2S. The van der Waals surface area contributed by atoms with Crippen LogP contribution in [0.1, 0.15) is 23.4 Å². The van der Waals surface area contributed by atoms with Gasteiger partial charge < -0.3 is 0 Å². The van der Waals surface area contributed by atoms with Crippen molar-refractivity contribution < 1.29 is 4.92 Å². The van der Waals surface area contributed by atoms with Gasteiger partial charge in [0.15, 0.2) is 0 Å². The van der Waals surface area contributed by atoms with Gasteiger partial charge in [-0.2, -0.15) is 0 Å². The molecule has 1 unspecified atom stereocenters. The summed E-state index contributed by atoms with van der Waals surface area (Å²) in [5.41, 5.74) is 0.936. The maximum atomic E-state index is 11.0. The van der Waals surface area contributed by atoms with Gasteiger partial charge in [-0.1, -0.05) is 24.3 Å². The number of rotatable bonds is 5. The maximum absolute atomic E-state index is 11.0. The van der Waals surface area contributed by atoms with Gasteiger partial charge in [-0.25, -0.2) is 0 Å². The summed E-state index contributed by atoms with van der Waals surface area (Å²) in [5, 5.41) is 13.0. The van der Waals surface area contributed by atoms with Crippen molar-refractivity contribution in [3.05, 3.63) is 62.3 Å². The molecule has 2 aromatic rings. The van der Waals surface area contributed by atoms with E-state index in [1.54, 1.807) is 23.5 Å². The smallest absolute Gasteiger partial charge is 0.273 e. The molecule has 0 amide bonds. The first-order valence-corrected chi connectivity index (χ1v) is 6.93. The summed E-state index contributed by atoms with van der Waals surface area (Å²) in [5.74, 6) is 0. The van der Waals surface area contributed by atoms with Crippen molar-refractivity contribution in [3.8, 4) is 0 Å². The summed E-state index contributed by atoms with van der Waals surface area (Å²) in [7, 11) is 1.99. The zero-order chi connectivity index (χ0) is 13.8. The molecule has 1 aromatic carbocycles. The molecule has 1 aromatic heterocycles. The van der Waals surface area contributed by atoms with Crippen LogP contribution in [0.5, 0.6) is 0 Å². The van der Waals surface area contributed by atoms with Crippen LogP contribution in [0.4, 0.5) is 5.69 Å². The number of benzene rings is 1. The zero-order valence-electron chi connectivity index (χ0n) is 10.9. The predicted molar refractivity (Wildman–Crippen MR) is 77.3 cm³/mol. The van der Waals surface area contributed by atoms with Crippen LogP contribution < -0.4 is 0 Å². The van der Waals surface area contributed by atoms with Crippen LogP contribution in [0.25, 0.3) is 0 Å². The fourth-order valence-electron chi connectivity index (χ4n) is 1.97. The van der Waals surface area contributed by atoms with Gasteiger partial charge in [-0.3, -0.25) is 15.0 Å². The lowest BCUT2D eigenvalue weighted by Gasteiger charge is -2.23. The van der Waals surface area contributed by atoms with E-state index in [4.69, 9.17) is 0 Å². The molecule has 2 rings (SSSR count). The van der Waals surface area contributed by atoms with E-state index in [0.29, 0.717) is 6.54 Å². The molecule has 5 heteroatoms. The molecule has 0 saturated heterocycles. The number of nitro groups is 1. The van der Waals surface area contributed by atoms with Crippen molar-refractivity contribution in [3.63, 3.8) is 0 Å². The van der Waals surface area contributed by atoms with Gasteiger partial charge in [0, 0.05) is 29.1 Å². The highest BCUT2D eigenvalue weighted by atomic mass is 32.1. The molecule has 0 aliphatic heterocycles. The summed E-state index contributed by atoms with van der Waals surface area (Å²) in [6.07, 6.45) is 0. The molecular weight excluding hydrogens is 260 g/mol. The van der Waals surface area contributed by atoms with Gasteiger partial charge in [-0.15, -0.1) is 11.3 Å². The summed E-state index contributed by atoms with van der Waals surface area (Å²) in [6.45, 7) is 2.68. The molecule has 4 nitrogen and oxygen atoms in total. The van der Waals surface area contributed by atoms with E-state index < -0.39 is 0 Å². The van der Waals surface area contributed by atoms with Gasteiger partial charge in [0.1, 0.15) is 0 Å². The number of para-hydroxylation sites is 1. The number of hydrogen-bond acceptors (Lipinski definition) is 4. The highest BCUT2D eigenvalue weighted by Crippen LogP contribution is 2.27. The monoisotopic (exact) mass is 276 g/mol. The predicted octanol–water partition coefficient (Wildman–Crippen LogP) is 3.85. The maximum Gasteiger partial charge on any atom is 0.273 e. The minimum atomic E-state index is -0.320. The van der Waals surface area contributed by atoms with Crippen LogP contribution in [0.3, 0.4) is 0 Å². The molecule has 0 aliphatic carbocycles. The van der Waals surface area contributed by atoms with Crippen LogP contribution in [0.2, 0.25) is 0 Å². The van der Waals surface area contributed by atoms with Crippen molar-refractivity contribution >= 4 is 17.0 Å². The van der Waals surface area contributed by atoms with E-state index in [2.05, 4.69) is 17.9 Å². The van der Waals surface area contributed by atoms with E-state index in [9.17, 15) is 10.1 Å². The topological polar surface area (TPSA) is 46.4 Å². The Morgan fingerprint density at radius 1 is 1.32 bits per heavy atom. The Kier molecular flexibility index (Phi) is 4.29. The van der Waals surface area contributed by atoms with Crippen molar-refractivity contribution in [1.82, 2.24) is 4.90 Å². The van der Waals surface area contributed by atoms with E-state index in [-0.39, 0.29) is 16.7 Å². The lowest BCUT2D eigenvalue weighted by atomic mass is 10.1. The molecule has 19 heavy (non-hydrogen) atoms. The van der Waals surface area contributed by atoms with Crippen molar-refractivity contribution in [2.45, 2.75) is 19.5 Å². The van der Waals surface area contributed by atoms with Crippen molar-refractivity contribution in [1.29, 1.82) is 0 Å². The largest absolute Gasteiger partial charge is 0.294 e. The minimum absolute atomic E-state index is 0.188. The Morgan fingerprint density at radius 3 is 2.68 bits per heavy atom. The summed E-state index contributed by atoms with van der Waals surface area (Å²) < 4.78 is 0. The van der Waals surface area contributed by atoms with Crippen molar-refractivity contribution in [2.75, 3.05) is 7.05 Å². The van der Waals surface area contributed by atoms with Crippen LogP contribution in [0, 0.1) is 10.1 Å². The van der Waals surface area contributed by atoms with Gasteiger partial charge in [0.05, 0.1) is 4.92 Å². The Labute approximate surface area is 116 Å². The SMILES string of the molecule is CC(c1cccs1)N(C)Cc1ccccc1[N+](=O)[O-]. The summed E-state index contributed by atoms with van der Waals surface area (Å²) in [4.78, 5) is 14.1. The number of thiophene rings is 1. The van der Waals surface area contributed by atoms with E-state index in [0.717, 1.165) is 5.56 Å². The van der Waals surface area contributed by atoms with Gasteiger partial charge in [0.2, 0.25) is 0 Å². The second kappa shape index (κ2) is 5.95. The molecule has 0 aliphatic rings.